The van der Waals surface area contributed by atoms with Crippen LogP contribution in [-0.4, -0.2) is 14.4 Å². The van der Waals surface area contributed by atoms with E-state index in [1.54, 1.807) is 11.8 Å². The predicted molar refractivity (Wildman–Crippen MR) is 88.1 cm³/mol. The summed E-state index contributed by atoms with van der Waals surface area (Å²) in [5, 5.41) is 1.71. The summed E-state index contributed by atoms with van der Waals surface area (Å²) in [5.41, 5.74) is 8.89. The standard InChI is InChI=1S/C15H12N4S2/c1-9-2-5-13-17-7-14(19(13)8-9)20-10-3-4-11-12(6-10)21-15(16)18-11/h2-8H,1H3,(H2,16,18). The molecule has 3 aromatic heterocycles. The summed E-state index contributed by atoms with van der Waals surface area (Å²) in [4.78, 5) is 9.88. The highest BCUT2D eigenvalue weighted by Gasteiger charge is 2.07. The van der Waals surface area contributed by atoms with E-state index < -0.39 is 0 Å². The van der Waals surface area contributed by atoms with Crippen LogP contribution >= 0.6 is 23.1 Å². The smallest absolute Gasteiger partial charge is 0.181 e. The molecule has 0 unspecified atom stereocenters. The SMILES string of the molecule is Cc1ccc2ncc(Sc3ccc4nc(N)sc4c3)n2c1. The lowest BCUT2D eigenvalue weighted by Crippen LogP contribution is -1.87. The minimum Gasteiger partial charge on any atom is -0.375 e. The molecule has 0 saturated carbocycles. The molecule has 21 heavy (non-hydrogen) atoms. The van der Waals surface area contributed by atoms with Gasteiger partial charge in [-0.25, -0.2) is 9.97 Å². The summed E-state index contributed by atoms with van der Waals surface area (Å²) in [7, 11) is 0. The van der Waals surface area contributed by atoms with Crippen molar-refractivity contribution in [2.24, 2.45) is 0 Å². The van der Waals surface area contributed by atoms with Crippen molar-refractivity contribution < 1.29 is 0 Å². The molecule has 0 atom stereocenters. The lowest BCUT2D eigenvalue weighted by molar-refractivity contribution is 1.03. The number of imidazole rings is 1. The Kier molecular flexibility index (Phi) is 2.87. The van der Waals surface area contributed by atoms with E-state index in [1.165, 1.54) is 16.9 Å². The monoisotopic (exact) mass is 312 g/mol. The largest absolute Gasteiger partial charge is 0.375 e. The summed E-state index contributed by atoms with van der Waals surface area (Å²) in [6.07, 6.45) is 4.01. The van der Waals surface area contributed by atoms with Crippen LogP contribution in [0.5, 0.6) is 0 Å². The maximum absolute atomic E-state index is 5.75. The Balaban J connectivity index is 1.76. The topological polar surface area (TPSA) is 56.2 Å². The number of pyridine rings is 1. The average Bonchev–Trinajstić information content (AvgIpc) is 3.01. The Morgan fingerprint density at radius 1 is 1.24 bits per heavy atom. The normalized spacial score (nSPS) is 11.5. The zero-order valence-corrected chi connectivity index (χ0v) is 12.9. The molecule has 0 saturated heterocycles. The highest BCUT2D eigenvalue weighted by Crippen LogP contribution is 2.33. The first-order chi connectivity index (χ1) is 10.2. The van der Waals surface area contributed by atoms with Crippen molar-refractivity contribution in [3.63, 3.8) is 0 Å². The van der Waals surface area contributed by atoms with Gasteiger partial charge in [0.25, 0.3) is 0 Å². The van der Waals surface area contributed by atoms with Gasteiger partial charge in [0.05, 0.1) is 16.4 Å². The fourth-order valence-electron chi connectivity index (χ4n) is 2.25. The van der Waals surface area contributed by atoms with Gasteiger partial charge >= 0.3 is 0 Å². The summed E-state index contributed by atoms with van der Waals surface area (Å²) in [6.45, 7) is 2.08. The molecule has 4 aromatic rings. The quantitative estimate of drug-likeness (QED) is 0.608. The molecule has 1 aromatic carbocycles. The van der Waals surface area contributed by atoms with Gasteiger partial charge in [0.2, 0.25) is 0 Å². The van der Waals surface area contributed by atoms with Gasteiger partial charge in [0, 0.05) is 11.1 Å². The molecule has 0 aliphatic rings. The lowest BCUT2D eigenvalue weighted by atomic mass is 10.3. The number of hydrogen-bond acceptors (Lipinski definition) is 5. The number of fused-ring (bicyclic) bond motifs is 2. The molecule has 3 heterocycles. The molecule has 0 aliphatic heterocycles. The van der Waals surface area contributed by atoms with E-state index in [9.17, 15) is 0 Å². The molecule has 0 spiro atoms. The minimum atomic E-state index is 0.609. The van der Waals surface area contributed by atoms with E-state index in [-0.39, 0.29) is 0 Å². The number of anilines is 1. The van der Waals surface area contributed by atoms with E-state index in [0.717, 1.165) is 25.8 Å². The van der Waals surface area contributed by atoms with Crippen molar-refractivity contribution in [1.82, 2.24) is 14.4 Å². The van der Waals surface area contributed by atoms with Crippen molar-refractivity contribution in [3.8, 4) is 0 Å². The second-order valence-electron chi connectivity index (χ2n) is 4.81. The van der Waals surface area contributed by atoms with E-state index >= 15 is 0 Å². The molecule has 6 heteroatoms. The van der Waals surface area contributed by atoms with Crippen LogP contribution in [0.1, 0.15) is 5.56 Å². The number of hydrogen-bond donors (Lipinski definition) is 1. The van der Waals surface area contributed by atoms with Crippen molar-refractivity contribution in [3.05, 3.63) is 48.3 Å². The number of nitrogens with zero attached hydrogens (tertiary/aromatic N) is 3. The Hall–Kier alpha value is -2.05. The number of nitrogens with two attached hydrogens (primary N) is 1. The van der Waals surface area contributed by atoms with Crippen LogP contribution < -0.4 is 5.73 Å². The molecular weight excluding hydrogens is 300 g/mol. The first-order valence-electron chi connectivity index (χ1n) is 6.47. The maximum Gasteiger partial charge on any atom is 0.181 e. The fourth-order valence-corrected chi connectivity index (χ4v) is 4.00. The molecule has 0 amide bonds. The molecular formula is C15H12N4S2. The summed E-state index contributed by atoms with van der Waals surface area (Å²) >= 11 is 3.21. The molecule has 0 radical (unpaired) electrons. The summed E-state index contributed by atoms with van der Waals surface area (Å²) < 4.78 is 3.23. The average molecular weight is 312 g/mol. The maximum atomic E-state index is 5.75. The van der Waals surface area contributed by atoms with Gasteiger partial charge in [-0.05, 0) is 36.8 Å². The van der Waals surface area contributed by atoms with Gasteiger partial charge in [0.1, 0.15) is 10.7 Å². The highest BCUT2D eigenvalue weighted by molar-refractivity contribution is 7.99. The van der Waals surface area contributed by atoms with E-state index in [0.29, 0.717) is 5.13 Å². The molecule has 4 nitrogen and oxygen atoms in total. The summed E-state index contributed by atoms with van der Waals surface area (Å²) in [6, 6.07) is 10.3. The number of rotatable bonds is 2. The van der Waals surface area contributed by atoms with Crippen LogP contribution in [0.25, 0.3) is 15.9 Å². The second kappa shape index (κ2) is 4.75. The third-order valence-corrected chi connectivity index (χ3v) is 5.07. The number of thiazole rings is 1. The number of nitrogen functional groups attached to an aromatic ring is 1. The zero-order valence-electron chi connectivity index (χ0n) is 11.3. The molecule has 104 valence electrons. The van der Waals surface area contributed by atoms with Crippen LogP contribution in [0.2, 0.25) is 0 Å². The number of aryl methyl sites for hydroxylation is 1. The fraction of sp³-hybridized carbons (Fsp3) is 0.0667. The molecule has 2 N–H and O–H groups in total. The van der Waals surface area contributed by atoms with Crippen molar-refractivity contribution in [2.45, 2.75) is 16.8 Å². The second-order valence-corrected chi connectivity index (χ2v) is 6.97. The van der Waals surface area contributed by atoms with Gasteiger partial charge < -0.3 is 5.73 Å². The number of aromatic nitrogens is 3. The predicted octanol–water partition coefficient (Wildman–Crippen LogP) is 3.99. The Bertz CT molecular complexity index is 955. The van der Waals surface area contributed by atoms with E-state index in [2.05, 4.69) is 45.7 Å². The molecule has 0 fully saturated rings. The molecule has 0 bridgehead atoms. The Labute approximate surface area is 129 Å². The first kappa shape index (κ1) is 12.7. The van der Waals surface area contributed by atoms with Crippen molar-refractivity contribution >= 4 is 44.1 Å². The van der Waals surface area contributed by atoms with E-state index in [1.807, 2.05) is 18.3 Å². The zero-order chi connectivity index (χ0) is 14.4. The van der Waals surface area contributed by atoms with E-state index in [4.69, 9.17) is 5.73 Å². The van der Waals surface area contributed by atoms with Crippen molar-refractivity contribution in [1.29, 1.82) is 0 Å². The Morgan fingerprint density at radius 3 is 3.05 bits per heavy atom. The first-order valence-corrected chi connectivity index (χ1v) is 8.10. The highest BCUT2D eigenvalue weighted by atomic mass is 32.2. The number of benzene rings is 1. The minimum absolute atomic E-state index is 0.609. The third-order valence-electron chi connectivity index (χ3n) is 3.22. The van der Waals surface area contributed by atoms with Gasteiger partial charge in [-0.15, -0.1) is 0 Å². The van der Waals surface area contributed by atoms with Crippen LogP contribution in [0.4, 0.5) is 5.13 Å². The van der Waals surface area contributed by atoms with Crippen LogP contribution in [0, 0.1) is 6.92 Å². The van der Waals surface area contributed by atoms with Crippen LogP contribution in [0.15, 0.2) is 52.6 Å². The lowest BCUT2D eigenvalue weighted by Gasteiger charge is -2.03. The summed E-state index contributed by atoms with van der Waals surface area (Å²) in [5.74, 6) is 0. The van der Waals surface area contributed by atoms with Crippen molar-refractivity contribution in [2.75, 3.05) is 5.73 Å². The molecule has 4 rings (SSSR count). The van der Waals surface area contributed by atoms with Gasteiger partial charge in [0.15, 0.2) is 5.13 Å². The van der Waals surface area contributed by atoms with Gasteiger partial charge in [-0.3, -0.25) is 4.40 Å². The van der Waals surface area contributed by atoms with Gasteiger partial charge in [-0.1, -0.05) is 29.2 Å². The molecule has 0 aliphatic carbocycles. The van der Waals surface area contributed by atoms with Gasteiger partial charge in [-0.2, -0.15) is 0 Å². The third kappa shape index (κ3) is 2.26. The van der Waals surface area contributed by atoms with Crippen LogP contribution in [0.3, 0.4) is 0 Å². The Morgan fingerprint density at radius 2 is 2.14 bits per heavy atom. The van der Waals surface area contributed by atoms with Crippen LogP contribution in [-0.2, 0) is 0 Å².